The Balaban J connectivity index is 4.20. The Morgan fingerprint density at radius 3 is 2.44 bits per heavy atom. The van der Waals surface area contributed by atoms with Crippen LogP contribution in [-0.4, -0.2) is 53.6 Å². The van der Waals surface area contributed by atoms with Crippen LogP contribution in [0.4, 0.5) is 4.79 Å². The smallest absolute Gasteiger partial charge is 0.317 e. The molecule has 6 heteroatoms. The highest BCUT2D eigenvalue weighted by Crippen LogP contribution is 2.13. The lowest BCUT2D eigenvalue weighted by molar-refractivity contribution is -0.146. The summed E-state index contributed by atoms with van der Waals surface area (Å²) in [5.41, 5.74) is -0.945. The summed E-state index contributed by atoms with van der Waals surface area (Å²) in [7, 11) is 1.73. The number of aliphatic carboxylic acids is 1. The summed E-state index contributed by atoms with van der Waals surface area (Å²) in [4.78, 5) is 24.4. The first kappa shape index (κ1) is 17.1. The zero-order valence-electron chi connectivity index (χ0n) is 11.8. The lowest BCUT2D eigenvalue weighted by Crippen LogP contribution is -2.47. The van der Waals surface area contributed by atoms with Gasteiger partial charge in [0.1, 0.15) is 0 Å². The summed E-state index contributed by atoms with van der Waals surface area (Å²) in [5.74, 6) is 0.0836. The monoisotopic (exact) mass is 276 g/mol. The number of carboxylic acid groups (broad SMARTS) is 1. The molecule has 1 atom stereocenters. The van der Waals surface area contributed by atoms with E-state index in [0.29, 0.717) is 0 Å². The van der Waals surface area contributed by atoms with E-state index < -0.39 is 11.4 Å². The summed E-state index contributed by atoms with van der Waals surface area (Å²) >= 11 is 1.74. The number of carbonyl (C=O) groups is 2. The van der Waals surface area contributed by atoms with Gasteiger partial charge < -0.3 is 15.3 Å². The van der Waals surface area contributed by atoms with E-state index in [1.165, 1.54) is 0 Å². The van der Waals surface area contributed by atoms with Crippen molar-refractivity contribution in [2.45, 2.75) is 33.2 Å². The first-order valence-electron chi connectivity index (χ1n) is 5.95. The van der Waals surface area contributed by atoms with Crippen molar-refractivity contribution in [3.63, 3.8) is 0 Å². The molecule has 0 heterocycles. The second-order valence-electron chi connectivity index (χ2n) is 5.09. The summed E-state index contributed by atoms with van der Waals surface area (Å²) in [5, 5.41) is 11.6. The number of amides is 2. The van der Waals surface area contributed by atoms with Gasteiger partial charge in [0.25, 0.3) is 0 Å². The maximum absolute atomic E-state index is 11.8. The Bertz CT molecular complexity index is 295. The maximum Gasteiger partial charge on any atom is 0.317 e. The Labute approximate surface area is 113 Å². The molecule has 0 rings (SSSR count). The number of hydrogen-bond acceptors (Lipinski definition) is 3. The van der Waals surface area contributed by atoms with Crippen LogP contribution in [-0.2, 0) is 4.79 Å². The molecular formula is C12H24N2O3S. The van der Waals surface area contributed by atoms with E-state index in [9.17, 15) is 9.59 Å². The normalized spacial score (nSPS) is 12.9. The Kier molecular flexibility index (Phi) is 7.13. The molecule has 0 aromatic rings. The van der Waals surface area contributed by atoms with Gasteiger partial charge >= 0.3 is 12.0 Å². The fourth-order valence-electron chi connectivity index (χ4n) is 1.18. The summed E-state index contributed by atoms with van der Waals surface area (Å²) < 4.78 is 0. The molecule has 0 aliphatic carbocycles. The van der Waals surface area contributed by atoms with E-state index in [-0.39, 0.29) is 18.6 Å². The number of nitrogens with one attached hydrogen (secondary N) is 1. The van der Waals surface area contributed by atoms with E-state index in [1.807, 2.05) is 13.2 Å². The Morgan fingerprint density at radius 2 is 2.00 bits per heavy atom. The third kappa shape index (κ3) is 5.62. The van der Waals surface area contributed by atoms with E-state index in [4.69, 9.17) is 5.11 Å². The molecule has 2 amide bonds. The number of hydrogen-bond donors (Lipinski definition) is 2. The minimum Gasteiger partial charge on any atom is -0.481 e. The van der Waals surface area contributed by atoms with E-state index >= 15 is 0 Å². The molecule has 0 saturated carbocycles. The molecule has 18 heavy (non-hydrogen) atoms. The quantitative estimate of drug-likeness (QED) is 0.745. The lowest BCUT2D eigenvalue weighted by Gasteiger charge is -2.27. The minimum absolute atomic E-state index is 0.126. The highest BCUT2D eigenvalue weighted by molar-refractivity contribution is 7.98. The van der Waals surface area contributed by atoms with Crippen molar-refractivity contribution in [2.24, 2.45) is 5.41 Å². The van der Waals surface area contributed by atoms with Gasteiger partial charge in [-0.3, -0.25) is 4.79 Å². The van der Waals surface area contributed by atoms with Gasteiger partial charge in [-0.15, -0.1) is 0 Å². The van der Waals surface area contributed by atoms with Crippen LogP contribution < -0.4 is 5.32 Å². The second kappa shape index (κ2) is 7.51. The summed E-state index contributed by atoms with van der Waals surface area (Å²) in [6.45, 7) is 5.29. The zero-order chi connectivity index (χ0) is 14.3. The molecule has 0 bridgehead atoms. The van der Waals surface area contributed by atoms with Crippen molar-refractivity contribution in [2.75, 3.05) is 25.6 Å². The predicted octanol–water partition coefficient (Wildman–Crippen LogP) is 1.88. The van der Waals surface area contributed by atoms with Gasteiger partial charge in [0.05, 0.1) is 5.41 Å². The SMILES string of the molecule is CSCCC(C)N(C)C(=O)NCC(C)(C)C(=O)O. The molecule has 2 N–H and O–H groups in total. The second-order valence-corrected chi connectivity index (χ2v) is 6.07. The molecule has 0 aromatic heterocycles. The van der Waals surface area contributed by atoms with Gasteiger partial charge in [-0.2, -0.15) is 11.8 Å². The van der Waals surface area contributed by atoms with Crippen molar-refractivity contribution >= 4 is 23.8 Å². The van der Waals surface area contributed by atoms with Crippen molar-refractivity contribution in [1.82, 2.24) is 10.2 Å². The number of thioether (sulfide) groups is 1. The molecule has 0 aliphatic heterocycles. The third-order valence-electron chi connectivity index (χ3n) is 2.98. The summed E-state index contributed by atoms with van der Waals surface area (Å²) in [6.07, 6.45) is 2.95. The van der Waals surface area contributed by atoms with Crippen molar-refractivity contribution in [3.8, 4) is 0 Å². The van der Waals surface area contributed by atoms with Crippen LogP contribution in [0.2, 0.25) is 0 Å². The van der Waals surface area contributed by atoms with E-state index in [0.717, 1.165) is 12.2 Å². The topological polar surface area (TPSA) is 69.6 Å². The van der Waals surface area contributed by atoms with Crippen LogP contribution in [0.15, 0.2) is 0 Å². The lowest BCUT2D eigenvalue weighted by atomic mass is 9.94. The van der Waals surface area contributed by atoms with Crippen LogP contribution in [0.5, 0.6) is 0 Å². The van der Waals surface area contributed by atoms with Gasteiger partial charge in [-0.25, -0.2) is 4.79 Å². The number of carboxylic acids is 1. The van der Waals surface area contributed by atoms with Gasteiger partial charge in [0.15, 0.2) is 0 Å². The van der Waals surface area contributed by atoms with Crippen molar-refractivity contribution in [1.29, 1.82) is 0 Å². The standard InChI is InChI=1S/C12H24N2O3S/c1-9(6-7-18-5)14(4)11(17)13-8-12(2,3)10(15)16/h9H,6-8H2,1-5H3,(H,13,17)(H,15,16). The fraction of sp³-hybridized carbons (Fsp3) is 0.833. The molecule has 0 saturated heterocycles. The zero-order valence-corrected chi connectivity index (χ0v) is 12.6. The largest absolute Gasteiger partial charge is 0.481 e. The molecular weight excluding hydrogens is 252 g/mol. The van der Waals surface area contributed by atoms with Gasteiger partial charge in [0, 0.05) is 19.6 Å². The predicted molar refractivity (Wildman–Crippen MR) is 75.0 cm³/mol. The summed E-state index contributed by atoms with van der Waals surface area (Å²) in [6, 6.07) is -0.0803. The average Bonchev–Trinajstić information content (AvgIpc) is 2.31. The minimum atomic E-state index is -0.945. The van der Waals surface area contributed by atoms with Crippen LogP contribution >= 0.6 is 11.8 Å². The molecule has 0 spiro atoms. The van der Waals surface area contributed by atoms with E-state index in [1.54, 1.807) is 37.6 Å². The molecule has 0 radical (unpaired) electrons. The highest BCUT2D eigenvalue weighted by atomic mass is 32.2. The average molecular weight is 276 g/mol. The van der Waals surface area contributed by atoms with Crippen molar-refractivity contribution < 1.29 is 14.7 Å². The Morgan fingerprint density at radius 1 is 1.44 bits per heavy atom. The number of nitrogens with zero attached hydrogens (tertiary/aromatic N) is 1. The van der Waals surface area contributed by atoms with Crippen LogP contribution in [0.25, 0.3) is 0 Å². The van der Waals surface area contributed by atoms with Gasteiger partial charge in [-0.05, 0) is 39.2 Å². The molecule has 0 fully saturated rings. The number of urea groups is 1. The molecule has 0 aliphatic rings. The molecule has 0 aromatic carbocycles. The maximum atomic E-state index is 11.8. The highest BCUT2D eigenvalue weighted by Gasteiger charge is 2.28. The van der Waals surface area contributed by atoms with E-state index in [2.05, 4.69) is 5.32 Å². The first-order chi connectivity index (χ1) is 8.22. The van der Waals surface area contributed by atoms with Crippen LogP contribution in [0, 0.1) is 5.41 Å². The van der Waals surface area contributed by atoms with Crippen molar-refractivity contribution in [3.05, 3.63) is 0 Å². The van der Waals surface area contributed by atoms with Crippen LogP contribution in [0.3, 0.4) is 0 Å². The van der Waals surface area contributed by atoms with Gasteiger partial charge in [-0.1, -0.05) is 0 Å². The molecule has 106 valence electrons. The molecule has 5 nitrogen and oxygen atoms in total. The number of rotatable bonds is 7. The first-order valence-corrected chi connectivity index (χ1v) is 7.34. The van der Waals surface area contributed by atoms with Gasteiger partial charge in [0.2, 0.25) is 0 Å². The number of carbonyl (C=O) groups excluding carboxylic acids is 1. The Hall–Kier alpha value is -0.910. The fourth-order valence-corrected chi connectivity index (χ4v) is 1.76. The third-order valence-corrected chi connectivity index (χ3v) is 3.63. The van der Waals surface area contributed by atoms with Crippen LogP contribution in [0.1, 0.15) is 27.2 Å². The molecule has 1 unspecified atom stereocenters.